The van der Waals surface area contributed by atoms with Crippen LogP contribution in [-0.4, -0.2) is 44.3 Å². The Bertz CT molecular complexity index is 1030. The smallest absolute Gasteiger partial charge is 0.200 e. The zero-order valence-corrected chi connectivity index (χ0v) is 14.3. The molecule has 26 heavy (non-hydrogen) atoms. The average Bonchev–Trinajstić information content (AvgIpc) is 3.34. The summed E-state index contributed by atoms with van der Waals surface area (Å²) in [6, 6.07) is 6.22. The Morgan fingerprint density at radius 3 is 2.65 bits per heavy atom. The Morgan fingerprint density at radius 1 is 1.15 bits per heavy atom. The quantitative estimate of drug-likeness (QED) is 0.674. The SMILES string of the molecule is COc1cc(-c2cnn(C3CCN(C#N)CC3)c2)cc2ncc(C#N)n12. The second-order valence-corrected chi connectivity index (χ2v) is 6.26. The molecule has 0 saturated carbocycles. The number of hydrogen-bond donors (Lipinski definition) is 0. The molecule has 0 atom stereocenters. The van der Waals surface area contributed by atoms with Crippen molar-refractivity contribution in [3.05, 3.63) is 36.4 Å². The Hall–Kier alpha value is -3.52. The van der Waals surface area contributed by atoms with E-state index in [2.05, 4.69) is 22.3 Å². The number of fused-ring (bicyclic) bond motifs is 1. The summed E-state index contributed by atoms with van der Waals surface area (Å²) in [5.41, 5.74) is 2.99. The lowest BCUT2D eigenvalue weighted by atomic mass is 10.1. The first kappa shape index (κ1) is 16.0. The molecule has 4 rings (SSSR count). The number of imidazole rings is 1. The largest absolute Gasteiger partial charge is 0.482 e. The second kappa shape index (κ2) is 6.41. The van der Waals surface area contributed by atoms with Crippen molar-refractivity contribution in [2.75, 3.05) is 20.2 Å². The van der Waals surface area contributed by atoms with Crippen LogP contribution in [0.3, 0.4) is 0 Å². The van der Waals surface area contributed by atoms with E-state index >= 15 is 0 Å². The molecule has 4 heterocycles. The number of pyridine rings is 1. The van der Waals surface area contributed by atoms with Crippen molar-refractivity contribution >= 4 is 5.65 Å². The van der Waals surface area contributed by atoms with Crippen LogP contribution in [0.15, 0.2) is 30.7 Å². The topological polar surface area (TPSA) is 95.2 Å². The number of likely N-dealkylation sites (tertiary alicyclic amines) is 1. The maximum absolute atomic E-state index is 9.21. The van der Waals surface area contributed by atoms with E-state index in [-0.39, 0.29) is 0 Å². The van der Waals surface area contributed by atoms with Crippen molar-refractivity contribution < 1.29 is 4.74 Å². The number of piperidine rings is 1. The monoisotopic (exact) mass is 347 g/mol. The fourth-order valence-corrected chi connectivity index (χ4v) is 3.39. The molecule has 8 nitrogen and oxygen atoms in total. The molecule has 0 amide bonds. The van der Waals surface area contributed by atoms with Gasteiger partial charge >= 0.3 is 0 Å². The van der Waals surface area contributed by atoms with E-state index in [1.807, 2.05) is 29.2 Å². The molecule has 8 heteroatoms. The van der Waals surface area contributed by atoms with Gasteiger partial charge in [0.2, 0.25) is 5.88 Å². The Morgan fingerprint density at radius 2 is 1.96 bits per heavy atom. The zero-order valence-electron chi connectivity index (χ0n) is 14.3. The van der Waals surface area contributed by atoms with Crippen LogP contribution < -0.4 is 4.74 Å². The summed E-state index contributed by atoms with van der Waals surface area (Å²) < 4.78 is 9.11. The Kier molecular flexibility index (Phi) is 3.94. The average molecular weight is 347 g/mol. The van der Waals surface area contributed by atoms with Gasteiger partial charge in [-0.05, 0) is 24.5 Å². The molecule has 0 unspecified atom stereocenters. The summed E-state index contributed by atoms with van der Waals surface area (Å²) >= 11 is 0. The molecule has 0 aliphatic carbocycles. The molecule has 0 radical (unpaired) electrons. The van der Waals surface area contributed by atoms with Gasteiger partial charge in [0.05, 0.1) is 25.5 Å². The summed E-state index contributed by atoms with van der Waals surface area (Å²) in [5.74, 6) is 0.557. The van der Waals surface area contributed by atoms with Gasteiger partial charge in [-0.15, -0.1) is 0 Å². The van der Waals surface area contributed by atoms with Crippen molar-refractivity contribution in [3.8, 4) is 29.3 Å². The molecule has 3 aromatic rings. The van der Waals surface area contributed by atoms with Crippen LogP contribution in [0.5, 0.6) is 5.88 Å². The maximum Gasteiger partial charge on any atom is 0.200 e. The lowest BCUT2D eigenvalue weighted by Gasteiger charge is -2.28. The molecule has 1 aliphatic heterocycles. The van der Waals surface area contributed by atoms with Gasteiger partial charge in [-0.25, -0.2) is 4.98 Å². The molecule has 0 bridgehead atoms. The van der Waals surface area contributed by atoms with E-state index in [1.54, 1.807) is 16.4 Å². The summed E-state index contributed by atoms with van der Waals surface area (Å²) in [5, 5.41) is 22.7. The highest BCUT2D eigenvalue weighted by atomic mass is 16.5. The standard InChI is InChI=1S/C18H17N7O/c1-26-18-7-13(6-17-21-10-16(8-19)25(17)18)14-9-22-24(11-14)15-2-4-23(12-20)5-3-15/h6-7,9-11,15H,2-5H2,1H3. The summed E-state index contributed by atoms with van der Waals surface area (Å²) in [6.07, 6.45) is 9.40. The van der Waals surface area contributed by atoms with Gasteiger partial charge in [-0.1, -0.05) is 0 Å². The second-order valence-electron chi connectivity index (χ2n) is 6.26. The molecule has 1 saturated heterocycles. The van der Waals surface area contributed by atoms with Gasteiger partial charge in [0, 0.05) is 30.9 Å². The van der Waals surface area contributed by atoms with Gasteiger partial charge < -0.3 is 9.64 Å². The maximum atomic E-state index is 9.21. The molecule has 0 spiro atoms. The third-order valence-electron chi connectivity index (χ3n) is 4.81. The van der Waals surface area contributed by atoms with Crippen LogP contribution in [0.1, 0.15) is 24.6 Å². The fourth-order valence-electron chi connectivity index (χ4n) is 3.39. The molecular weight excluding hydrogens is 330 g/mol. The zero-order chi connectivity index (χ0) is 18.1. The van der Waals surface area contributed by atoms with Gasteiger partial charge in [-0.2, -0.15) is 15.6 Å². The molecule has 130 valence electrons. The van der Waals surface area contributed by atoms with E-state index in [4.69, 9.17) is 10.00 Å². The van der Waals surface area contributed by atoms with E-state index in [0.29, 0.717) is 23.3 Å². The number of hydrogen-bond acceptors (Lipinski definition) is 6. The predicted molar refractivity (Wildman–Crippen MR) is 93.1 cm³/mol. The lowest BCUT2D eigenvalue weighted by Crippen LogP contribution is -2.31. The number of methoxy groups -OCH3 is 1. The summed E-state index contributed by atoms with van der Waals surface area (Å²) in [4.78, 5) is 6.08. The first-order chi connectivity index (χ1) is 12.7. The van der Waals surface area contributed by atoms with Crippen molar-refractivity contribution in [1.29, 1.82) is 10.5 Å². The van der Waals surface area contributed by atoms with Gasteiger partial charge in [0.25, 0.3) is 0 Å². The number of rotatable bonds is 3. The van der Waals surface area contributed by atoms with Crippen LogP contribution in [0.25, 0.3) is 16.8 Å². The highest BCUT2D eigenvalue weighted by Crippen LogP contribution is 2.29. The van der Waals surface area contributed by atoms with Crippen molar-refractivity contribution in [3.63, 3.8) is 0 Å². The first-order valence-electron chi connectivity index (χ1n) is 8.38. The van der Waals surface area contributed by atoms with Crippen LogP contribution in [0, 0.1) is 22.8 Å². The number of nitrogens with zero attached hydrogens (tertiary/aromatic N) is 7. The molecule has 1 fully saturated rings. The van der Waals surface area contributed by atoms with Crippen molar-refractivity contribution in [2.45, 2.75) is 18.9 Å². The number of nitriles is 2. The third-order valence-corrected chi connectivity index (χ3v) is 4.81. The molecular formula is C18H17N7O. The number of ether oxygens (including phenoxy) is 1. The highest BCUT2D eigenvalue weighted by molar-refractivity contribution is 5.69. The van der Waals surface area contributed by atoms with Crippen LogP contribution in [0.2, 0.25) is 0 Å². The van der Waals surface area contributed by atoms with Crippen LogP contribution >= 0.6 is 0 Å². The minimum Gasteiger partial charge on any atom is -0.482 e. The van der Waals surface area contributed by atoms with Crippen LogP contribution in [-0.2, 0) is 0 Å². The van der Waals surface area contributed by atoms with Crippen LogP contribution in [0.4, 0.5) is 0 Å². The minimum absolute atomic E-state index is 0.301. The molecule has 0 N–H and O–H groups in total. The lowest BCUT2D eigenvalue weighted by molar-refractivity contribution is 0.241. The molecule has 3 aromatic heterocycles. The fraction of sp³-hybridized carbons (Fsp3) is 0.333. The Labute approximate surface area is 150 Å². The summed E-state index contributed by atoms with van der Waals surface area (Å²) in [6.45, 7) is 1.53. The normalized spacial score (nSPS) is 15.0. The van der Waals surface area contributed by atoms with Gasteiger partial charge in [-0.3, -0.25) is 9.08 Å². The van der Waals surface area contributed by atoms with E-state index in [0.717, 1.165) is 37.1 Å². The molecule has 0 aromatic carbocycles. The Balaban J connectivity index is 1.66. The van der Waals surface area contributed by atoms with E-state index in [9.17, 15) is 5.26 Å². The summed E-state index contributed by atoms with van der Waals surface area (Å²) in [7, 11) is 1.58. The number of aromatic nitrogens is 4. The van der Waals surface area contributed by atoms with E-state index < -0.39 is 0 Å². The highest BCUT2D eigenvalue weighted by Gasteiger charge is 2.21. The van der Waals surface area contributed by atoms with Crippen molar-refractivity contribution in [1.82, 2.24) is 24.1 Å². The predicted octanol–water partition coefficient (Wildman–Crippen LogP) is 2.20. The van der Waals surface area contributed by atoms with Crippen molar-refractivity contribution in [2.24, 2.45) is 0 Å². The third kappa shape index (κ3) is 2.62. The minimum atomic E-state index is 0.301. The first-order valence-corrected chi connectivity index (χ1v) is 8.38. The van der Waals surface area contributed by atoms with Gasteiger partial charge in [0.1, 0.15) is 17.4 Å². The van der Waals surface area contributed by atoms with E-state index in [1.165, 1.54) is 6.20 Å². The molecule has 1 aliphatic rings. The van der Waals surface area contributed by atoms with Gasteiger partial charge in [0.15, 0.2) is 6.19 Å².